The first-order valence-electron chi connectivity index (χ1n) is 19.7. The van der Waals surface area contributed by atoms with Crippen molar-refractivity contribution in [3.05, 3.63) is 95.8 Å². The van der Waals surface area contributed by atoms with Crippen molar-refractivity contribution in [2.24, 2.45) is 16.5 Å². The molecule has 0 spiro atoms. The Bertz CT molecular complexity index is 2020. The molecule has 16 heteroatoms. The summed E-state index contributed by atoms with van der Waals surface area (Å²) in [6.45, 7) is 8.58. The quantitative estimate of drug-likeness (QED) is 0.0771. The number of ether oxygens (including phenoxy) is 1. The van der Waals surface area contributed by atoms with Gasteiger partial charge in [0.05, 0.1) is 5.54 Å². The molecule has 59 heavy (non-hydrogen) atoms. The molecule has 0 aromatic heterocycles. The zero-order chi connectivity index (χ0) is 43.2. The van der Waals surface area contributed by atoms with Crippen molar-refractivity contribution in [2.45, 2.75) is 108 Å². The van der Waals surface area contributed by atoms with Crippen LogP contribution in [0.4, 0.5) is 4.79 Å². The lowest BCUT2D eigenvalue weighted by atomic mass is 9.99. The second kappa shape index (κ2) is 21.0. The van der Waals surface area contributed by atoms with Crippen LogP contribution < -0.4 is 43.4 Å². The fourth-order valence-electron chi connectivity index (χ4n) is 6.17. The minimum Gasteiger partial charge on any atom is -0.444 e. The summed E-state index contributed by atoms with van der Waals surface area (Å²) in [6.07, 6.45) is 3.90. The molecule has 6 amide bonds. The number of primary amides is 1. The molecule has 11 N–H and O–H groups in total. The van der Waals surface area contributed by atoms with Crippen LogP contribution in [0.15, 0.2) is 89.7 Å². The van der Waals surface area contributed by atoms with E-state index in [2.05, 4.69) is 31.6 Å². The van der Waals surface area contributed by atoms with Gasteiger partial charge >= 0.3 is 6.09 Å². The molecule has 0 radical (unpaired) electrons. The predicted molar refractivity (Wildman–Crippen MR) is 224 cm³/mol. The molecule has 3 aromatic rings. The van der Waals surface area contributed by atoms with E-state index in [0.29, 0.717) is 18.5 Å². The van der Waals surface area contributed by atoms with Crippen LogP contribution in [-0.4, -0.2) is 83.8 Å². The Balaban J connectivity index is 1.57. The van der Waals surface area contributed by atoms with Crippen molar-refractivity contribution >= 4 is 52.7 Å². The summed E-state index contributed by atoms with van der Waals surface area (Å²) >= 11 is 0. The number of hydrogen-bond donors (Lipinski definition) is 8. The zero-order valence-corrected chi connectivity index (χ0v) is 34.4. The van der Waals surface area contributed by atoms with E-state index >= 15 is 0 Å². The average molecular weight is 813 g/mol. The number of nitrogens with zero attached hydrogens (tertiary/aromatic N) is 1. The highest BCUT2D eigenvalue weighted by Crippen LogP contribution is 2.18. The predicted octanol–water partition coefficient (Wildman–Crippen LogP) is 1.32. The summed E-state index contributed by atoms with van der Waals surface area (Å²) < 4.78 is 5.25. The lowest BCUT2D eigenvalue weighted by Crippen LogP contribution is -2.74. The maximum absolute atomic E-state index is 14.4. The molecule has 316 valence electrons. The lowest BCUT2D eigenvalue weighted by Gasteiger charge is -2.27. The van der Waals surface area contributed by atoms with Crippen LogP contribution in [0.5, 0.6) is 0 Å². The Labute approximate surface area is 344 Å². The number of quaternary nitrogens is 1. The smallest absolute Gasteiger partial charge is 0.407 e. The van der Waals surface area contributed by atoms with Crippen molar-refractivity contribution in [1.29, 1.82) is 0 Å². The molecule has 16 nitrogen and oxygen atoms in total. The van der Waals surface area contributed by atoms with Gasteiger partial charge in [0.15, 0.2) is 6.34 Å². The molecule has 4 atom stereocenters. The first-order chi connectivity index (χ1) is 27.9. The first kappa shape index (κ1) is 45.6. The molecule has 0 saturated carbocycles. The third kappa shape index (κ3) is 15.3. The number of unbranched alkanes of at least 4 members (excludes halogenated alkanes) is 1. The molecule has 3 aromatic carbocycles. The van der Waals surface area contributed by atoms with Crippen molar-refractivity contribution in [2.75, 3.05) is 6.54 Å². The summed E-state index contributed by atoms with van der Waals surface area (Å²) in [7, 11) is 0. The summed E-state index contributed by atoms with van der Waals surface area (Å²) in [5, 5.41) is 17.4. The van der Waals surface area contributed by atoms with E-state index < -0.39 is 70.9 Å². The van der Waals surface area contributed by atoms with Gasteiger partial charge in [0.25, 0.3) is 0 Å². The van der Waals surface area contributed by atoms with Crippen LogP contribution in [0.1, 0.15) is 71.4 Å². The molecular formula is C43H58N9O7+. The van der Waals surface area contributed by atoms with E-state index in [1.807, 2.05) is 48.5 Å². The maximum Gasteiger partial charge on any atom is 0.407 e. The van der Waals surface area contributed by atoms with Gasteiger partial charge in [-0.05, 0) is 75.8 Å². The van der Waals surface area contributed by atoms with Crippen LogP contribution in [-0.2, 0) is 41.6 Å². The Kier molecular flexibility index (Phi) is 16.3. The van der Waals surface area contributed by atoms with E-state index in [-0.39, 0.29) is 32.2 Å². The largest absolute Gasteiger partial charge is 0.444 e. The monoisotopic (exact) mass is 812 g/mol. The Morgan fingerprint density at radius 2 is 1.27 bits per heavy atom. The van der Waals surface area contributed by atoms with Gasteiger partial charge in [-0.25, -0.2) is 9.79 Å². The normalized spacial score (nSPS) is 14.6. The molecule has 1 unspecified atom stereocenters. The lowest BCUT2D eigenvalue weighted by molar-refractivity contribution is -0.447. The highest BCUT2D eigenvalue weighted by atomic mass is 16.6. The number of alkyl carbamates (subject to hydrolysis) is 1. The molecule has 0 bridgehead atoms. The number of benzene rings is 3. The molecular weight excluding hydrogens is 755 g/mol. The van der Waals surface area contributed by atoms with E-state index in [1.165, 1.54) is 13.8 Å². The number of rotatable bonds is 20. The van der Waals surface area contributed by atoms with E-state index in [0.717, 1.165) is 21.9 Å². The van der Waals surface area contributed by atoms with Crippen LogP contribution in [0, 0.1) is 0 Å². The van der Waals surface area contributed by atoms with E-state index in [4.69, 9.17) is 16.2 Å². The number of carbonyl (C=O) groups is 6. The highest BCUT2D eigenvalue weighted by Gasteiger charge is 2.34. The second-order valence-electron chi connectivity index (χ2n) is 16.2. The highest BCUT2D eigenvalue weighted by molar-refractivity contribution is 5.96. The summed E-state index contributed by atoms with van der Waals surface area (Å²) in [5.41, 5.74) is 11.8. The van der Waals surface area contributed by atoms with Gasteiger partial charge in [0.1, 0.15) is 41.7 Å². The minimum absolute atomic E-state index is 0.0234. The topological polar surface area (TPSA) is 253 Å². The molecule has 1 aliphatic rings. The minimum atomic E-state index is -1.31. The number of hydrogen-bond acceptors (Lipinski definition) is 9. The third-order valence-corrected chi connectivity index (χ3v) is 9.29. The SMILES string of the molecule is CC(C)(C)OC(=O)NCCCC[C@H](NC(=O)[C@@H](Cc1ccccc1)NC(=O)C(Cc1ccc2ccccc2c1)NC(=O)[C@H](CC1=C[NH2+]C=N1)NC(=O)C(C)(C)N)C(N)=O. The number of amides is 6. The first-order valence-corrected chi connectivity index (χ1v) is 19.7. The van der Waals surface area contributed by atoms with Crippen LogP contribution in [0.3, 0.4) is 0 Å². The van der Waals surface area contributed by atoms with Gasteiger partial charge in [-0.15, -0.1) is 0 Å². The fraction of sp³-hybridized carbons (Fsp3) is 0.419. The molecule has 0 fully saturated rings. The summed E-state index contributed by atoms with van der Waals surface area (Å²) in [4.78, 5) is 84.4. The fourth-order valence-corrected chi connectivity index (χ4v) is 6.17. The Hall–Kier alpha value is -6.13. The van der Waals surface area contributed by atoms with Gasteiger partial charge in [0, 0.05) is 25.8 Å². The molecule has 0 aliphatic carbocycles. The van der Waals surface area contributed by atoms with Crippen LogP contribution >= 0.6 is 0 Å². The van der Waals surface area contributed by atoms with Gasteiger partial charge in [-0.1, -0.05) is 72.8 Å². The zero-order valence-electron chi connectivity index (χ0n) is 34.4. The summed E-state index contributed by atoms with van der Waals surface area (Å²) in [5.74, 6) is -3.35. The Morgan fingerprint density at radius 1 is 0.695 bits per heavy atom. The van der Waals surface area contributed by atoms with Crippen molar-refractivity contribution in [3.63, 3.8) is 0 Å². The van der Waals surface area contributed by atoms with Crippen molar-refractivity contribution < 1.29 is 38.8 Å². The van der Waals surface area contributed by atoms with Crippen LogP contribution in [0.2, 0.25) is 0 Å². The van der Waals surface area contributed by atoms with Crippen molar-refractivity contribution in [3.8, 4) is 0 Å². The molecule has 4 rings (SSSR count). The molecule has 1 heterocycles. The van der Waals surface area contributed by atoms with Crippen molar-refractivity contribution in [1.82, 2.24) is 26.6 Å². The maximum atomic E-state index is 14.4. The van der Waals surface area contributed by atoms with Gasteiger partial charge in [0.2, 0.25) is 29.5 Å². The molecule has 0 saturated heterocycles. The third-order valence-electron chi connectivity index (χ3n) is 9.29. The number of carbonyl (C=O) groups excluding carboxylic acids is 6. The van der Waals surface area contributed by atoms with E-state index in [9.17, 15) is 28.8 Å². The summed E-state index contributed by atoms with van der Waals surface area (Å²) in [6, 6.07) is 17.8. The standard InChI is InChI=1S/C43H57N9O7/c1-42(2,3)59-41(58)47-20-12-11-17-32(36(44)53)49-37(54)33(22-27-13-7-6-8-14-27)50-38(55)34(23-28-18-19-29-15-9-10-16-30(29)21-28)51-39(56)35(24-31-25-46-26-48-31)52-40(57)43(4,5)45/h6-10,13-16,18-19,21,25-26,32-35H,11-12,17,20,22-24,45H2,1-5H3,(H2,44,53)(H,46,48)(H,47,58)(H,49,54)(H,50,55)(H,51,56)(H,52,57)/p+1/t32-,33+,34?,35-/m0/s1. The average Bonchev–Trinajstić information content (AvgIpc) is 3.69. The van der Waals surface area contributed by atoms with Gasteiger partial charge in [-0.3, -0.25) is 29.3 Å². The van der Waals surface area contributed by atoms with Gasteiger partial charge < -0.3 is 42.8 Å². The van der Waals surface area contributed by atoms with Crippen LogP contribution in [0.25, 0.3) is 10.8 Å². The number of nitrogens with two attached hydrogens (primary N) is 3. The molecule has 1 aliphatic heterocycles. The second-order valence-corrected chi connectivity index (χ2v) is 16.2. The van der Waals surface area contributed by atoms with Gasteiger partial charge in [-0.2, -0.15) is 0 Å². The van der Waals surface area contributed by atoms with E-state index in [1.54, 1.807) is 62.9 Å². The Morgan fingerprint density at radius 3 is 1.85 bits per heavy atom. The number of aliphatic imine (C=N–C) groups is 1. The number of nitrogens with one attached hydrogen (secondary N) is 5. The number of fused-ring (bicyclic) bond motifs is 1.